The first-order valence-electron chi connectivity index (χ1n) is 7.80. The molecule has 3 amide bonds. The van der Waals surface area contributed by atoms with Gasteiger partial charge < -0.3 is 5.32 Å². The molecule has 1 aliphatic heterocycles. The zero-order valence-corrected chi connectivity index (χ0v) is 15.4. The summed E-state index contributed by atoms with van der Waals surface area (Å²) >= 11 is 6.63. The standard InChI is InChI=1S/C19H15ClN2O3S/c1-12-4-2-3-5-13(12)10-16-18(24)22(19(25)26-16)11-17(23)21-15-8-6-14(20)7-9-15/h2-10H,11H2,1H3,(H,21,23)/b16-10-. The van der Waals surface area contributed by atoms with Crippen molar-refractivity contribution in [1.29, 1.82) is 0 Å². The Morgan fingerprint density at radius 2 is 1.85 bits per heavy atom. The minimum absolute atomic E-state index is 0.309. The van der Waals surface area contributed by atoms with E-state index in [1.807, 2.05) is 31.2 Å². The van der Waals surface area contributed by atoms with Crippen LogP contribution >= 0.6 is 23.4 Å². The third-order valence-electron chi connectivity index (χ3n) is 3.78. The average Bonchev–Trinajstić information content (AvgIpc) is 2.86. The van der Waals surface area contributed by atoms with Crippen LogP contribution in [0, 0.1) is 6.92 Å². The van der Waals surface area contributed by atoms with Gasteiger partial charge in [-0.1, -0.05) is 35.9 Å². The molecule has 1 N–H and O–H groups in total. The lowest BCUT2D eigenvalue weighted by Gasteiger charge is -2.12. The molecule has 132 valence electrons. The summed E-state index contributed by atoms with van der Waals surface area (Å²) in [7, 11) is 0. The summed E-state index contributed by atoms with van der Waals surface area (Å²) in [6.07, 6.45) is 1.68. The van der Waals surface area contributed by atoms with Gasteiger partial charge in [-0.15, -0.1) is 0 Å². The third kappa shape index (κ3) is 4.15. The van der Waals surface area contributed by atoms with Gasteiger partial charge in [0, 0.05) is 10.7 Å². The van der Waals surface area contributed by atoms with Gasteiger partial charge in [-0.3, -0.25) is 19.3 Å². The Kier molecular flexibility index (Phi) is 5.44. The molecule has 26 heavy (non-hydrogen) atoms. The van der Waals surface area contributed by atoms with Gasteiger partial charge in [0.05, 0.1) is 4.91 Å². The molecule has 0 unspecified atom stereocenters. The van der Waals surface area contributed by atoms with Crippen LogP contribution in [0.1, 0.15) is 11.1 Å². The number of benzene rings is 2. The topological polar surface area (TPSA) is 66.5 Å². The van der Waals surface area contributed by atoms with E-state index in [9.17, 15) is 14.4 Å². The second kappa shape index (κ2) is 7.76. The van der Waals surface area contributed by atoms with Gasteiger partial charge in [0.25, 0.3) is 11.1 Å². The maximum atomic E-state index is 12.5. The predicted molar refractivity (Wildman–Crippen MR) is 104 cm³/mol. The van der Waals surface area contributed by atoms with E-state index in [0.717, 1.165) is 27.8 Å². The number of nitrogens with one attached hydrogen (secondary N) is 1. The van der Waals surface area contributed by atoms with Crippen LogP contribution in [0.25, 0.3) is 6.08 Å². The monoisotopic (exact) mass is 386 g/mol. The first kappa shape index (κ1) is 18.2. The normalized spacial score (nSPS) is 15.6. The lowest BCUT2D eigenvalue weighted by molar-refractivity contribution is -0.127. The minimum atomic E-state index is -0.463. The van der Waals surface area contributed by atoms with Crippen molar-refractivity contribution in [3.05, 3.63) is 69.6 Å². The fourth-order valence-electron chi connectivity index (χ4n) is 2.40. The van der Waals surface area contributed by atoms with Crippen molar-refractivity contribution in [2.24, 2.45) is 0 Å². The summed E-state index contributed by atoms with van der Waals surface area (Å²) in [5, 5.41) is 2.73. The maximum absolute atomic E-state index is 12.5. The molecule has 0 atom stereocenters. The smallest absolute Gasteiger partial charge is 0.294 e. The van der Waals surface area contributed by atoms with E-state index in [4.69, 9.17) is 11.6 Å². The van der Waals surface area contributed by atoms with Gasteiger partial charge in [0.1, 0.15) is 6.54 Å². The molecule has 2 aromatic rings. The van der Waals surface area contributed by atoms with E-state index in [1.54, 1.807) is 30.3 Å². The summed E-state index contributed by atoms with van der Waals surface area (Å²) in [6, 6.07) is 14.1. The molecule has 1 aliphatic rings. The van der Waals surface area contributed by atoms with Crippen molar-refractivity contribution in [2.75, 3.05) is 11.9 Å². The van der Waals surface area contributed by atoms with E-state index in [0.29, 0.717) is 15.6 Å². The number of halogens is 1. The number of rotatable bonds is 4. The van der Waals surface area contributed by atoms with E-state index < -0.39 is 17.1 Å². The highest BCUT2D eigenvalue weighted by Gasteiger charge is 2.36. The molecule has 1 heterocycles. The Balaban J connectivity index is 1.70. The van der Waals surface area contributed by atoms with Crippen LogP contribution in [-0.2, 0) is 9.59 Å². The molecule has 7 heteroatoms. The highest BCUT2D eigenvalue weighted by atomic mass is 35.5. The SMILES string of the molecule is Cc1ccccc1/C=C1\SC(=O)N(CC(=O)Nc2ccc(Cl)cc2)C1=O. The zero-order chi connectivity index (χ0) is 18.7. The lowest BCUT2D eigenvalue weighted by atomic mass is 10.1. The van der Waals surface area contributed by atoms with Gasteiger partial charge in [-0.05, 0) is 60.2 Å². The summed E-state index contributed by atoms with van der Waals surface area (Å²) in [4.78, 5) is 38.0. The number of nitrogens with zero attached hydrogens (tertiary/aromatic N) is 1. The molecule has 5 nitrogen and oxygen atoms in total. The van der Waals surface area contributed by atoms with Crippen LogP contribution in [0.2, 0.25) is 5.02 Å². The molecular formula is C19H15ClN2O3S. The number of carbonyl (C=O) groups is 3. The summed E-state index contributed by atoms with van der Waals surface area (Å²) < 4.78 is 0. The molecule has 2 aromatic carbocycles. The number of aryl methyl sites for hydroxylation is 1. The number of hydrogen-bond acceptors (Lipinski definition) is 4. The number of amides is 3. The van der Waals surface area contributed by atoms with Crippen LogP contribution in [-0.4, -0.2) is 28.5 Å². The molecule has 3 rings (SSSR count). The van der Waals surface area contributed by atoms with Crippen LogP contribution in [0.5, 0.6) is 0 Å². The molecule has 0 radical (unpaired) electrons. The van der Waals surface area contributed by atoms with Crippen LogP contribution in [0.3, 0.4) is 0 Å². The third-order valence-corrected chi connectivity index (χ3v) is 4.94. The number of imide groups is 1. The molecule has 0 aliphatic carbocycles. The van der Waals surface area contributed by atoms with Crippen LogP contribution in [0.15, 0.2) is 53.4 Å². The second-order valence-electron chi connectivity index (χ2n) is 5.68. The van der Waals surface area contributed by atoms with Crippen molar-refractivity contribution < 1.29 is 14.4 Å². The number of thioether (sulfide) groups is 1. The van der Waals surface area contributed by atoms with Gasteiger partial charge >= 0.3 is 0 Å². The predicted octanol–water partition coefficient (Wildman–Crippen LogP) is 4.32. The van der Waals surface area contributed by atoms with Crippen molar-refractivity contribution >= 4 is 52.2 Å². The maximum Gasteiger partial charge on any atom is 0.294 e. The highest BCUT2D eigenvalue weighted by Crippen LogP contribution is 2.32. The summed E-state index contributed by atoms with van der Waals surface area (Å²) in [6.45, 7) is 1.59. The van der Waals surface area contributed by atoms with Gasteiger partial charge in [0.2, 0.25) is 5.91 Å². The molecular weight excluding hydrogens is 372 g/mol. The van der Waals surface area contributed by atoms with E-state index in [-0.39, 0.29) is 6.54 Å². The van der Waals surface area contributed by atoms with Gasteiger partial charge in [0.15, 0.2) is 0 Å². The fraction of sp³-hybridized carbons (Fsp3) is 0.105. The van der Waals surface area contributed by atoms with Crippen molar-refractivity contribution in [2.45, 2.75) is 6.92 Å². The molecule has 0 spiro atoms. The number of anilines is 1. The van der Waals surface area contributed by atoms with E-state index in [1.165, 1.54) is 0 Å². The molecule has 1 saturated heterocycles. The van der Waals surface area contributed by atoms with Crippen LogP contribution in [0.4, 0.5) is 10.5 Å². The Hall–Kier alpha value is -2.57. The first-order valence-corrected chi connectivity index (χ1v) is 9.00. The number of hydrogen-bond donors (Lipinski definition) is 1. The van der Waals surface area contributed by atoms with Crippen molar-refractivity contribution in [1.82, 2.24) is 4.90 Å². The highest BCUT2D eigenvalue weighted by molar-refractivity contribution is 8.18. The molecule has 1 fully saturated rings. The quantitative estimate of drug-likeness (QED) is 0.794. The number of carbonyl (C=O) groups excluding carboxylic acids is 3. The fourth-order valence-corrected chi connectivity index (χ4v) is 3.36. The van der Waals surface area contributed by atoms with Gasteiger partial charge in [-0.25, -0.2) is 0 Å². The summed E-state index contributed by atoms with van der Waals surface area (Å²) in [5.74, 6) is -0.915. The molecule has 0 saturated carbocycles. The largest absolute Gasteiger partial charge is 0.325 e. The Labute approximate surface area is 160 Å². The molecule has 0 bridgehead atoms. The summed E-state index contributed by atoms with van der Waals surface area (Å²) in [5.41, 5.74) is 2.41. The Morgan fingerprint density at radius 3 is 2.54 bits per heavy atom. The van der Waals surface area contributed by atoms with Crippen molar-refractivity contribution in [3.63, 3.8) is 0 Å². The second-order valence-corrected chi connectivity index (χ2v) is 7.11. The zero-order valence-electron chi connectivity index (χ0n) is 13.9. The van der Waals surface area contributed by atoms with E-state index in [2.05, 4.69) is 5.32 Å². The first-order chi connectivity index (χ1) is 12.4. The minimum Gasteiger partial charge on any atom is -0.325 e. The Bertz CT molecular complexity index is 909. The molecule has 0 aromatic heterocycles. The van der Waals surface area contributed by atoms with Crippen molar-refractivity contribution in [3.8, 4) is 0 Å². The van der Waals surface area contributed by atoms with E-state index >= 15 is 0 Å². The van der Waals surface area contributed by atoms with Crippen LogP contribution < -0.4 is 5.32 Å². The van der Waals surface area contributed by atoms with Gasteiger partial charge in [-0.2, -0.15) is 0 Å². The Morgan fingerprint density at radius 1 is 1.15 bits per heavy atom. The lowest BCUT2D eigenvalue weighted by Crippen LogP contribution is -2.36. The average molecular weight is 387 g/mol.